The van der Waals surface area contributed by atoms with Crippen LogP contribution in [-0.2, 0) is 0 Å². The highest BCUT2D eigenvalue weighted by molar-refractivity contribution is 6.09. The van der Waals surface area contributed by atoms with E-state index in [0.29, 0.717) is 0 Å². The molecule has 9 rings (SSSR count). The van der Waals surface area contributed by atoms with Crippen molar-refractivity contribution in [2.45, 2.75) is 0 Å². The van der Waals surface area contributed by atoms with Crippen LogP contribution in [0.15, 0.2) is 140 Å². The predicted molar refractivity (Wildman–Crippen MR) is 196 cm³/mol. The second kappa shape index (κ2) is 11.6. The molecule has 2 aromatic carbocycles. The zero-order valence-electron chi connectivity index (χ0n) is 25.8. The number of aromatic amines is 1. The third-order valence-electron chi connectivity index (χ3n) is 8.59. The molecule has 8 bridgehead atoms. The largest absolute Gasteiger partial charge is 0.355 e. The first-order valence-corrected chi connectivity index (χ1v) is 15.9. The highest BCUT2D eigenvalue weighted by atomic mass is 15.0. The van der Waals surface area contributed by atoms with Crippen molar-refractivity contribution < 1.29 is 0 Å². The molecule has 48 heavy (non-hydrogen) atoms. The maximum absolute atomic E-state index is 5.25. The molecule has 0 amide bonds. The minimum atomic E-state index is 0.838. The molecule has 2 aliphatic heterocycles. The summed E-state index contributed by atoms with van der Waals surface area (Å²) < 4.78 is 2.33. The van der Waals surface area contributed by atoms with Crippen LogP contribution in [-0.4, -0.2) is 29.5 Å². The fourth-order valence-corrected chi connectivity index (χ4v) is 6.56. The number of hydrogen-bond acceptors (Lipinski definition) is 4. The summed E-state index contributed by atoms with van der Waals surface area (Å²) in [5.74, 6) is 0. The molecule has 0 fully saturated rings. The second-order valence-electron chi connectivity index (χ2n) is 11.7. The van der Waals surface area contributed by atoms with Crippen LogP contribution in [0.4, 0.5) is 0 Å². The minimum absolute atomic E-state index is 0.838. The molecule has 0 aliphatic carbocycles. The lowest BCUT2D eigenvalue weighted by molar-refractivity contribution is 1.17. The third-order valence-corrected chi connectivity index (χ3v) is 8.59. The second-order valence-corrected chi connectivity index (χ2v) is 11.7. The van der Waals surface area contributed by atoms with Gasteiger partial charge in [0.2, 0.25) is 0 Å². The summed E-state index contributed by atoms with van der Waals surface area (Å²) >= 11 is 0. The number of nitrogens with one attached hydrogen (secondary N) is 1. The molecular weight excluding hydrogens is 589 g/mol. The quantitative estimate of drug-likeness (QED) is 0.214. The van der Waals surface area contributed by atoms with Crippen molar-refractivity contribution in [3.8, 4) is 39.3 Å². The summed E-state index contributed by atoms with van der Waals surface area (Å²) in [6, 6.07) is 43.5. The number of fused-ring (bicyclic) bond motifs is 8. The van der Waals surface area contributed by atoms with Gasteiger partial charge in [0.1, 0.15) is 0 Å². The van der Waals surface area contributed by atoms with Crippen LogP contribution < -0.4 is 0 Å². The van der Waals surface area contributed by atoms with E-state index in [0.717, 1.165) is 84.2 Å². The molecule has 6 nitrogen and oxygen atoms in total. The van der Waals surface area contributed by atoms with Gasteiger partial charge in [-0.25, -0.2) is 9.97 Å². The van der Waals surface area contributed by atoms with Crippen molar-refractivity contribution in [2.24, 2.45) is 0 Å². The summed E-state index contributed by atoms with van der Waals surface area (Å²) in [5, 5.41) is 0. The lowest BCUT2D eigenvalue weighted by atomic mass is 9.97. The number of aromatic nitrogens is 6. The van der Waals surface area contributed by atoms with Gasteiger partial charge in [-0.2, -0.15) is 0 Å². The Morgan fingerprint density at radius 3 is 1.73 bits per heavy atom. The van der Waals surface area contributed by atoms with Gasteiger partial charge in [0.25, 0.3) is 0 Å². The van der Waals surface area contributed by atoms with Crippen molar-refractivity contribution in [2.75, 3.05) is 0 Å². The molecule has 1 N–H and O–H groups in total. The maximum Gasteiger partial charge on any atom is 0.0737 e. The van der Waals surface area contributed by atoms with E-state index in [1.165, 1.54) is 0 Å². The zero-order valence-corrected chi connectivity index (χ0v) is 25.8. The third kappa shape index (κ3) is 4.93. The Labute approximate surface area is 277 Å². The zero-order chi connectivity index (χ0) is 31.9. The van der Waals surface area contributed by atoms with Crippen molar-refractivity contribution in [1.82, 2.24) is 29.5 Å². The van der Waals surface area contributed by atoms with Gasteiger partial charge in [0, 0.05) is 45.8 Å². The smallest absolute Gasteiger partial charge is 0.0737 e. The van der Waals surface area contributed by atoms with Gasteiger partial charge in [-0.3, -0.25) is 9.97 Å². The molecule has 226 valence electrons. The SMILES string of the molecule is C1=Cc2cc3c(-c4ccccn4)c(-c4ccccn4)c(c(-c4ccccc4)c4nc(cc5ccc(cc1n2)[nH]5)C=C4)n3-c1ccccc1. The van der Waals surface area contributed by atoms with E-state index in [1.807, 2.05) is 48.8 Å². The van der Waals surface area contributed by atoms with E-state index in [4.69, 9.17) is 19.9 Å². The summed E-state index contributed by atoms with van der Waals surface area (Å²) in [7, 11) is 0. The molecule has 5 aromatic heterocycles. The summed E-state index contributed by atoms with van der Waals surface area (Å²) in [5.41, 5.74) is 13.9. The van der Waals surface area contributed by atoms with Gasteiger partial charge in [0.05, 0.1) is 45.2 Å². The average molecular weight is 617 g/mol. The molecule has 7 heterocycles. The topological polar surface area (TPSA) is 72.3 Å². The van der Waals surface area contributed by atoms with Crippen LogP contribution in [0, 0.1) is 0 Å². The van der Waals surface area contributed by atoms with Gasteiger partial charge in [0.15, 0.2) is 0 Å². The van der Waals surface area contributed by atoms with Crippen LogP contribution in [0.25, 0.3) is 85.7 Å². The van der Waals surface area contributed by atoms with Gasteiger partial charge >= 0.3 is 0 Å². The number of hydrogen-bond donors (Lipinski definition) is 1. The number of pyridine rings is 2. The summed E-state index contributed by atoms with van der Waals surface area (Å²) in [6.07, 6.45) is 12.0. The molecule has 0 atom stereocenters. The van der Waals surface area contributed by atoms with E-state index < -0.39 is 0 Å². The Balaban J connectivity index is 1.61. The van der Waals surface area contributed by atoms with Crippen LogP contribution >= 0.6 is 0 Å². The van der Waals surface area contributed by atoms with Gasteiger partial charge in [-0.1, -0.05) is 60.7 Å². The molecule has 0 saturated carbocycles. The fraction of sp³-hybridized carbons (Fsp3) is 0. The Morgan fingerprint density at radius 1 is 0.479 bits per heavy atom. The van der Waals surface area contributed by atoms with Crippen LogP contribution in [0.3, 0.4) is 0 Å². The predicted octanol–water partition coefficient (Wildman–Crippen LogP) is 9.91. The van der Waals surface area contributed by atoms with Gasteiger partial charge < -0.3 is 9.55 Å². The average Bonchev–Trinajstić information content (AvgIpc) is 3.95. The first kappa shape index (κ1) is 27.6. The number of nitrogens with zero attached hydrogens (tertiary/aromatic N) is 5. The van der Waals surface area contributed by atoms with Crippen LogP contribution in [0.1, 0.15) is 22.8 Å². The number of rotatable bonds is 4. The lowest BCUT2D eigenvalue weighted by Crippen LogP contribution is -1.97. The summed E-state index contributed by atoms with van der Waals surface area (Å²) in [6.45, 7) is 0. The van der Waals surface area contributed by atoms with E-state index in [2.05, 4.69) is 125 Å². The number of para-hydroxylation sites is 1. The van der Waals surface area contributed by atoms with E-state index in [1.54, 1.807) is 0 Å². The monoisotopic (exact) mass is 616 g/mol. The van der Waals surface area contributed by atoms with E-state index in [9.17, 15) is 0 Å². The van der Waals surface area contributed by atoms with Gasteiger partial charge in [-0.05, 0) is 96.6 Å². The Hall–Kier alpha value is -6.66. The lowest BCUT2D eigenvalue weighted by Gasteiger charge is -2.13. The minimum Gasteiger partial charge on any atom is -0.355 e. The summed E-state index contributed by atoms with van der Waals surface area (Å²) in [4.78, 5) is 23.7. The van der Waals surface area contributed by atoms with Crippen LogP contribution in [0.2, 0.25) is 0 Å². The first-order valence-electron chi connectivity index (χ1n) is 15.9. The highest BCUT2D eigenvalue weighted by Crippen LogP contribution is 2.46. The molecule has 2 aliphatic rings. The molecule has 7 aromatic rings. The molecule has 0 saturated heterocycles. The van der Waals surface area contributed by atoms with Crippen molar-refractivity contribution in [1.29, 1.82) is 0 Å². The van der Waals surface area contributed by atoms with Crippen molar-refractivity contribution in [3.05, 3.63) is 163 Å². The number of H-pyrrole nitrogens is 1. The molecular formula is C42H28N6. The molecule has 6 heteroatoms. The van der Waals surface area contributed by atoms with E-state index >= 15 is 0 Å². The fourth-order valence-electron chi connectivity index (χ4n) is 6.56. The molecule has 0 radical (unpaired) electrons. The first-order chi connectivity index (χ1) is 23.8. The molecule has 0 unspecified atom stereocenters. The molecule has 0 spiro atoms. The normalized spacial score (nSPS) is 12.0. The van der Waals surface area contributed by atoms with Crippen LogP contribution in [0.5, 0.6) is 0 Å². The van der Waals surface area contributed by atoms with E-state index in [-0.39, 0.29) is 0 Å². The maximum atomic E-state index is 5.25. The standard InChI is InChI=1S/C42H28N6/c1-3-11-28(12-4-1)39-37-22-21-32(47-37)26-31-18-17-29(45-31)25-30-19-20-33(46-30)27-38-40(35-15-7-9-23-43-35)41(36-16-8-10-24-44-36)42(39)48(38)34-13-5-2-6-14-34/h1-27,45H. The Morgan fingerprint density at radius 2 is 1.06 bits per heavy atom. The van der Waals surface area contributed by atoms with Crippen molar-refractivity contribution >= 4 is 46.4 Å². The highest BCUT2D eigenvalue weighted by Gasteiger charge is 2.26. The van der Waals surface area contributed by atoms with Crippen molar-refractivity contribution in [3.63, 3.8) is 0 Å². The van der Waals surface area contributed by atoms with Gasteiger partial charge in [-0.15, -0.1) is 0 Å². The Kier molecular flexibility index (Phi) is 6.68. The number of benzene rings is 2. The Bertz CT molecular complexity index is 2530.